The standard InChI is InChI=1S/C13H14BrN3S/c1-2-15-13-8-16-10(7-17-13)9-18-12-6-4-3-5-11(12)14/h3-8H,2,9H2,1H3,(H,15,17). The first kappa shape index (κ1) is 13.4. The molecule has 0 saturated carbocycles. The highest BCUT2D eigenvalue weighted by atomic mass is 79.9. The molecule has 0 aliphatic rings. The van der Waals surface area contributed by atoms with Crippen LogP contribution in [0, 0.1) is 0 Å². The van der Waals surface area contributed by atoms with E-state index in [4.69, 9.17) is 0 Å². The van der Waals surface area contributed by atoms with E-state index in [1.807, 2.05) is 31.3 Å². The molecule has 1 heterocycles. The molecule has 0 bridgehead atoms. The maximum Gasteiger partial charge on any atom is 0.144 e. The predicted molar refractivity (Wildman–Crippen MR) is 79.9 cm³/mol. The van der Waals surface area contributed by atoms with Crippen LogP contribution in [0.15, 0.2) is 46.0 Å². The van der Waals surface area contributed by atoms with Gasteiger partial charge >= 0.3 is 0 Å². The van der Waals surface area contributed by atoms with Crippen LogP contribution in [0.25, 0.3) is 0 Å². The molecule has 0 saturated heterocycles. The minimum atomic E-state index is 0.821. The van der Waals surface area contributed by atoms with Crippen molar-refractivity contribution in [3.63, 3.8) is 0 Å². The Kier molecular flexibility index (Phi) is 5.01. The molecular weight excluding hydrogens is 310 g/mol. The van der Waals surface area contributed by atoms with Crippen molar-refractivity contribution in [2.45, 2.75) is 17.6 Å². The number of halogens is 1. The van der Waals surface area contributed by atoms with Gasteiger partial charge in [-0.1, -0.05) is 12.1 Å². The number of anilines is 1. The Bertz CT molecular complexity index is 502. The molecular formula is C13H14BrN3S. The molecule has 0 unspecified atom stereocenters. The zero-order chi connectivity index (χ0) is 12.8. The molecule has 94 valence electrons. The molecule has 0 spiro atoms. The van der Waals surface area contributed by atoms with E-state index in [-0.39, 0.29) is 0 Å². The fraction of sp³-hybridized carbons (Fsp3) is 0.231. The Morgan fingerprint density at radius 1 is 1.22 bits per heavy atom. The second-order valence-electron chi connectivity index (χ2n) is 3.64. The zero-order valence-corrected chi connectivity index (χ0v) is 12.5. The highest BCUT2D eigenvalue weighted by Gasteiger charge is 2.02. The zero-order valence-electron chi connectivity index (χ0n) is 10.1. The van der Waals surface area contributed by atoms with Crippen molar-refractivity contribution in [2.75, 3.05) is 11.9 Å². The largest absolute Gasteiger partial charge is 0.369 e. The fourth-order valence-electron chi connectivity index (χ4n) is 1.42. The summed E-state index contributed by atoms with van der Waals surface area (Å²) in [5.74, 6) is 1.65. The maximum atomic E-state index is 4.38. The first-order valence-corrected chi connectivity index (χ1v) is 7.49. The van der Waals surface area contributed by atoms with Gasteiger partial charge in [0.1, 0.15) is 5.82 Å². The van der Waals surface area contributed by atoms with Gasteiger partial charge in [-0.2, -0.15) is 0 Å². The second kappa shape index (κ2) is 6.75. The van der Waals surface area contributed by atoms with Crippen molar-refractivity contribution in [3.8, 4) is 0 Å². The number of thioether (sulfide) groups is 1. The quantitative estimate of drug-likeness (QED) is 0.845. The molecule has 0 amide bonds. The van der Waals surface area contributed by atoms with E-state index in [2.05, 4.69) is 37.3 Å². The number of nitrogens with zero attached hydrogens (tertiary/aromatic N) is 2. The van der Waals surface area contributed by atoms with Crippen LogP contribution in [-0.4, -0.2) is 16.5 Å². The SMILES string of the molecule is CCNc1cnc(CSc2ccccc2Br)cn1. The smallest absolute Gasteiger partial charge is 0.144 e. The molecule has 0 radical (unpaired) electrons. The van der Waals surface area contributed by atoms with Crippen molar-refractivity contribution in [3.05, 3.63) is 46.8 Å². The number of benzene rings is 1. The monoisotopic (exact) mass is 323 g/mol. The Balaban J connectivity index is 1.96. The van der Waals surface area contributed by atoms with Gasteiger partial charge in [-0.25, -0.2) is 4.98 Å². The molecule has 18 heavy (non-hydrogen) atoms. The highest BCUT2D eigenvalue weighted by molar-refractivity contribution is 9.10. The molecule has 0 aliphatic heterocycles. The van der Waals surface area contributed by atoms with Gasteiger partial charge in [0.05, 0.1) is 18.1 Å². The Hall–Kier alpha value is -1.07. The molecule has 1 aromatic heterocycles. The third kappa shape index (κ3) is 3.71. The normalized spacial score (nSPS) is 10.3. The van der Waals surface area contributed by atoms with E-state index in [1.54, 1.807) is 18.0 Å². The predicted octanol–water partition coefficient (Wildman–Crippen LogP) is 3.96. The third-order valence-electron chi connectivity index (χ3n) is 2.28. The number of aromatic nitrogens is 2. The molecule has 3 nitrogen and oxygen atoms in total. The van der Waals surface area contributed by atoms with Crippen LogP contribution in [0.1, 0.15) is 12.6 Å². The summed E-state index contributed by atoms with van der Waals surface area (Å²) in [6.45, 7) is 2.90. The average molecular weight is 324 g/mol. The minimum absolute atomic E-state index is 0.821. The lowest BCUT2D eigenvalue weighted by Gasteiger charge is -2.05. The maximum absolute atomic E-state index is 4.38. The summed E-state index contributed by atoms with van der Waals surface area (Å²) in [6.07, 6.45) is 3.60. The van der Waals surface area contributed by atoms with Crippen LogP contribution in [0.2, 0.25) is 0 Å². The van der Waals surface area contributed by atoms with Crippen LogP contribution in [-0.2, 0) is 5.75 Å². The van der Waals surface area contributed by atoms with E-state index >= 15 is 0 Å². The van der Waals surface area contributed by atoms with Crippen LogP contribution >= 0.6 is 27.7 Å². The van der Waals surface area contributed by atoms with E-state index in [0.717, 1.165) is 28.3 Å². The van der Waals surface area contributed by atoms with Gasteiger partial charge < -0.3 is 5.32 Å². The molecule has 1 N–H and O–H groups in total. The minimum Gasteiger partial charge on any atom is -0.369 e. The summed E-state index contributed by atoms with van der Waals surface area (Å²) in [6, 6.07) is 8.18. The molecule has 0 aliphatic carbocycles. The van der Waals surface area contributed by atoms with Gasteiger partial charge in [0.2, 0.25) is 0 Å². The third-order valence-corrected chi connectivity index (χ3v) is 4.34. The van der Waals surface area contributed by atoms with Crippen LogP contribution in [0.3, 0.4) is 0 Å². The summed E-state index contributed by atoms with van der Waals surface area (Å²) in [5.41, 5.74) is 0.984. The molecule has 0 atom stereocenters. The van der Waals surface area contributed by atoms with Crippen molar-refractivity contribution in [1.82, 2.24) is 9.97 Å². The number of rotatable bonds is 5. The molecule has 2 aromatic rings. The molecule has 2 rings (SSSR count). The van der Waals surface area contributed by atoms with Crippen LogP contribution in [0.4, 0.5) is 5.82 Å². The average Bonchev–Trinajstić information content (AvgIpc) is 2.40. The lowest BCUT2D eigenvalue weighted by Crippen LogP contribution is -2.00. The van der Waals surface area contributed by atoms with Crippen molar-refractivity contribution >= 4 is 33.5 Å². The van der Waals surface area contributed by atoms with Gasteiger partial charge in [0.15, 0.2) is 0 Å². The number of hydrogen-bond acceptors (Lipinski definition) is 4. The Labute approximate surface area is 120 Å². The van der Waals surface area contributed by atoms with E-state index in [1.165, 1.54) is 4.90 Å². The molecule has 5 heteroatoms. The van der Waals surface area contributed by atoms with Gasteiger partial charge in [-0.05, 0) is 35.0 Å². The van der Waals surface area contributed by atoms with E-state index in [9.17, 15) is 0 Å². The summed E-state index contributed by atoms with van der Waals surface area (Å²) < 4.78 is 1.12. The molecule has 0 fully saturated rings. The van der Waals surface area contributed by atoms with Gasteiger partial charge in [-0.15, -0.1) is 11.8 Å². The van der Waals surface area contributed by atoms with Gasteiger partial charge in [-0.3, -0.25) is 4.98 Å². The molecule has 1 aromatic carbocycles. The fourth-order valence-corrected chi connectivity index (χ4v) is 2.88. The van der Waals surface area contributed by atoms with Gasteiger partial charge in [0, 0.05) is 21.7 Å². The van der Waals surface area contributed by atoms with Crippen molar-refractivity contribution < 1.29 is 0 Å². The highest BCUT2D eigenvalue weighted by Crippen LogP contribution is 2.29. The van der Waals surface area contributed by atoms with Crippen molar-refractivity contribution in [1.29, 1.82) is 0 Å². The van der Waals surface area contributed by atoms with Crippen LogP contribution < -0.4 is 5.32 Å². The number of hydrogen-bond donors (Lipinski definition) is 1. The van der Waals surface area contributed by atoms with Gasteiger partial charge in [0.25, 0.3) is 0 Å². The summed E-state index contributed by atoms with van der Waals surface area (Å²) >= 11 is 5.28. The topological polar surface area (TPSA) is 37.8 Å². The Morgan fingerprint density at radius 3 is 2.72 bits per heavy atom. The lowest BCUT2D eigenvalue weighted by atomic mass is 10.4. The van der Waals surface area contributed by atoms with Crippen molar-refractivity contribution in [2.24, 2.45) is 0 Å². The summed E-state index contributed by atoms with van der Waals surface area (Å²) in [7, 11) is 0. The van der Waals surface area contributed by atoms with Crippen LogP contribution in [0.5, 0.6) is 0 Å². The lowest BCUT2D eigenvalue weighted by molar-refractivity contribution is 1.07. The first-order chi connectivity index (χ1) is 8.79. The van der Waals surface area contributed by atoms with E-state index in [0.29, 0.717) is 0 Å². The first-order valence-electron chi connectivity index (χ1n) is 5.71. The number of nitrogens with one attached hydrogen (secondary N) is 1. The second-order valence-corrected chi connectivity index (χ2v) is 5.51. The Morgan fingerprint density at radius 2 is 2.06 bits per heavy atom. The summed E-state index contributed by atoms with van der Waals surface area (Å²) in [5, 5.41) is 3.13. The summed E-state index contributed by atoms with van der Waals surface area (Å²) in [4.78, 5) is 9.90. The van der Waals surface area contributed by atoms with E-state index < -0.39 is 0 Å².